The van der Waals surface area contributed by atoms with Crippen LogP contribution in [-0.4, -0.2) is 112 Å². The quantitative estimate of drug-likeness (QED) is 0.146. The van der Waals surface area contributed by atoms with Gasteiger partial charge in [-0.3, -0.25) is 23.4 Å². The van der Waals surface area contributed by atoms with Gasteiger partial charge in [-0.1, -0.05) is 30.3 Å². The number of ketones is 1. The molecule has 0 bridgehead atoms. The van der Waals surface area contributed by atoms with E-state index in [0.29, 0.717) is 10.6 Å². The predicted molar refractivity (Wildman–Crippen MR) is 157 cm³/mol. The number of benzene rings is 1. The third-order valence-corrected chi connectivity index (χ3v) is 8.11. The smallest absolute Gasteiger partial charge is 0.273 e. The summed E-state index contributed by atoms with van der Waals surface area (Å²) in [7, 11) is -2.23. The lowest BCUT2D eigenvalue weighted by atomic mass is 9.91. The second-order valence-corrected chi connectivity index (χ2v) is 12.9. The average molecular weight is 679 g/mol. The molecule has 0 saturated carbocycles. The maximum absolute atomic E-state index is 13.4. The molecule has 0 aliphatic rings. The van der Waals surface area contributed by atoms with Gasteiger partial charge < -0.3 is 30.5 Å². The number of amides is 3. The highest BCUT2D eigenvalue weighted by atomic mass is 32.2. The number of Topliss-reactive ketones (excluding diaryl/α,β-unsaturated/α-hetero) is 1. The number of aromatic nitrogens is 1. The van der Waals surface area contributed by atoms with Crippen LogP contribution in [-0.2, 0) is 44.6 Å². The molecule has 4 N–H and O–H groups in total. The number of halogens is 2. The first-order valence-corrected chi connectivity index (χ1v) is 15.8. The number of nitrogens with zero attached hydrogens (tertiary/aromatic N) is 1. The molecule has 1 aromatic heterocycles. The monoisotopic (exact) mass is 678 g/mol. The molecule has 0 saturated heterocycles. The standard InChI is InChI=1S/C27H36F2N4O10S2/c1-16-30-11-21(44-16)26(37)33-20(13-42-4)25(36)32-19(12-41-3)24(35)31-18(10-17-8-6-5-7-9-17)23(34)27(2,38)15-43-45(39,40)14-22(28)29/h5-9,11,18-20,22,38H,10,12-15H2,1-4H3,(H,31,35)(H,32,36)(H,33,37)/t18-,19+,20-,27?/m0/s1. The summed E-state index contributed by atoms with van der Waals surface area (Å²) in [5, 5.41) is 18.8. The lowest BCUT2D eigenvalue weighted by Crippen LogP contribution is -2.60. The van der Waals surface area contributed by atoms with E-state index in [2.05, 4.69) is 25.1 Å². The average Bonchev–Trinajstić information content (AvgIpc) is 3.41. The number of carbonyl (C=O) groups excluding carboxylic acids is 4. The number of rotatable bonds is 19. The molecular formula is C27H36F2N4O10S2. The largest absolute Gasteiger partial charge is 0.382 e. The van der Waals surface area contributed by atoms with Gasteiger partial charge in [-0.25, -0.2) is 13.8 Å². The van der Waals surface area contributed by atoms with Crippen LogP contribution in [0, 0.1) is 6.92 Å². The Kier molecular flexibility index (Phi) is 14.5. The molecule has 18 heteroatoms. The van der Waals surface area contributed by atoms with Gasteiger partial charge in [0.25, 0.3) is 22.5 Å². The van der Waals surface area contributed by atoms with E-state index in [4.69, 9.17) is 9.47 Å². The number of nitrogens with one attached hydrogen (secondary N) is 3. The zero-order valence-electron chi connectivity index (χ0n) is 25.0. The van der Waals surface area contributed by atoms with E-state index in [1.54, 1.807) is 37.3 Å². The lowest BCUT2D eigenvalue weighted by molar-refractivity contribution is -0.143. The number of thiazole rings is 1. The van der Waals surface area contributed by atoms with Crippen LogP contribution in [0.1, 0.15) is 27.2 Å². The number of hydrogen-bond acceptors (Lipinski definition) is 12. The van der Waals surface area contributed by atoms with Gasteiger partial charge >= 0.3 is 0 Å². The van der Waals surface area contributed by atoms with Gasteiger partial charge in [0.05, 0.1) is 30.5 Å². The summed E-state index contributed by atoms with van der Waals surface area (Å²) in [5.41, 5.74) is -2.02. The summed E-state index contributed by atoms with van der Waals surface area (Å²) in [6, 6.07) is 4.10. The Morgan fingerprint density at radius 2 is 1.53 bits per heavy atom. The fourth-order valence-electron chi connectivity index (χ4n) is 3.85. The van der Waals surface area contributed by atoms with Crippen molar-refractivity contribution in [3.05, 3.63) is 52.0 Å². The van der Waals surface area contributed by atoms with Crippen molar-refractivity contribution >= 4 is 45.0 Å². The summed E-state index contributed by atoms with van der Waals surface area (Å²) in [5.74, 6) is -5.09. The molecule has 4 atom stereocenters. The summed E-state index contributed by atoms with van der Waals surface area (Å²) >= 11 is 1.11. The highest BCUT2D eigenvalue weighted by Gasteiger charge is 2.40. The molecule has 0 spiro atoms. The van der Waals surface area contributed by atoms with Crippen LogP contribution in [0.25, 0.3) is 0 Å². The van der Waals surface area contributed by atoms with E-state index >= 15 is 0 Å². The number of aryl methyl sites for hydroxylation is 1. The third kappa shape index (κ3) is 12.5. The fraction of sp³-hybridized carbons (Fsp3) is 0.519. The summed E-state index contributed by atoms with van der Waals surface area (Å²) < 4.78 is 63.3. The Labute approximate surface area is 263 Å². The Morgan fingerprint density at radius 3 is 2.04 bits per heavy atom. The van der Waals surface area contributed by atoms with Crippen LogP contribution in [0.15, 0.2) is 36.5 Å². The Balaban J connectivity index is 2.25. The Bertz CT molecular complexity index is 1410. The van der Waals surface area contributed by atoms with E-state index in [1.807, 2.05) is 0 Å². The number of hydrogen-bond donors (Lipinski definition) is 4. The zero-order chi connectivity index (χ0) is 33.8. The third-order valence-electron chi connectivity index (χ3n) is 6.06. The lowest BCUT2D eigenvalue weighted by Gasteiger charge is -2.29. The molecule has 0 aliphatic heterocycles. The van der Waals surface area contributed by atoms with Crippen molar-refractivity contribution in [3.63, 3.8) is 0 Å². The van der Waals surface area contributed by atoms with E-state index in [1.165, 1.54) is 20.4 Å². The van der Waals surface area contributed by atoms with E-state index < -0.39 is 76.1 Å². The first-order chi connectivity index (χ1) is 21.1. The normalized spacial score (nSPS) is 15.0. The minimum Gasteiger partial charge on any atom is -0.382 e. The maximum Gasteiger partial charge on any atom is 0.273 e. The number of methoxy groups -OCH3 is 2. The first kappa shape index (κ1) is 37.8. The zero-order valence-corrected chi connectivity index (χ0v) is 26.6. The molecular weight excluding hydrogens is 642 g/mol. The molecule has 0 fully saturated rings. The minimum atomic E-state index is -4.78. The van der Waals surface area contributed by atoms with Gasteiger partial charge in [0, 0.05) is 14.2 Å². The molecule has 1 aromatic carbocycles. The molecule has 0 radical (unpaired) electrons. The molecule has 1 unspecified atom stereocenters. The predicted octanol–water partition coefficient (Wildman–Crippen LogP) is -0.0134. The molecule has 3 amide bonds. The summed E-state index contributed by atoms with van der Waals surface area (Å²) in [4.78, 5) is 56.8. The first-order valence-electron chi connectivity index (χ1n) is 13.4. The topological polar surface area (TPSA) is 199 Å². The molecule has 2 rings (SSSR count). The number of ether oxygens (including phenoxy) is 2. The van der Waals surface area contributed by atoms with Crippen molar-refractivity contribution in [2.24, 2.45) is 0 Å². The van der Waals surface area contributed by atoms with Gasteiger partial charge in [-0.05, 0) is 25.8 Å². The minimum absolute atomic E-state index is 0.185. The van der Waals surface area contributed by atoms with Crippen LogP contribution in [0.3, 0.4) is 0 Å². The van der Waals surface area contributed by atoms with Crippen LogP contribution in [0.2, 0.25) is 0 Å². The molecule has 45 heavy (non-hydrogen) atoms. The highest BCUT2D eigenvalue weighted by molar-refractivity contribution is 7.86. The van der Waals surface area contributed by atoms with Crippen LogP contribution >= 0.6 is 11.3 Å². The molecule has 250 valence electrons. The molecule has 0 aliphatic carbocycles. The van der Waals surface area contributed by atoms with E-state index in [0.717, 1.165) is 18.3 Å². The number of aliphatic hydroxyl groups is 1. The summed E-state index contributed by atoms with van der Waals surface area (Å²) in [6.07, 6.45) is -2.09. The van der Waals surface area contributed by atoms with Crippen LogP contribution in [0.5, 0.6) is 0 Å². The van der Waals surface area contributed by atoms with Crippen LogP contribution in [0.4, 0.5) is 8.78 Å². The highest BCUT2D eigenvalue weighted by Crippen LogP contribution is 2.16. The SMILES string of the molecule is COC[C@H](NC(=O)c1cnc(C)s1)C(=O)N[C@H](COC)C(=O)N[C@@H](Cc1ccccc1)C(=O)C(C)(O)COS(=O)(=O)CC(F)F. The molecule has 2 aromatic rings. The Hall–Kier alpha value is -3.42. The van der Waals surface area contributed by atoms with Crippen molar-refractivity contribution < 1.29 is 55.1 Å². The second kappa shape index (κ2) is 17.3. The van der Waals surface area contributed by atoms with E-state index in [-0.39, 0.29) is 24.5 Å². The van der Waals surface area contributed by atoms with Gasteiger partial charge in [0.2, 0.25) is 11.8 Å². The number of carbonyl (C=O) groups is 4. The number of alkyl halides is 2. The van der Waals surface area contributed by atoms with Gasteiger partial charge in [0.15, 0.2) is 5.78 Å². The van der Waals surface area contributed by atoms with Gasteiger partial charge in [-0.2, -0.15) is 8.42 Å². The van der Waals surface area contributed by atoms with Crippen molar-refractivity contribution in [3.8, 4) is 0 Å². The molecule has 14 nitrogen and oxygen atoms in total. The Morgan fingerprint density at radius 1 is 0.978 bits per heavy atom. The molecule has 1 heterocycles. The van der Waals surface area contributed by atoms with Crippen molar-refractivity contribution in [1.29, 1.82) is 0 Å². The van der Waals surface area contributed by atoms with Crippen molar-refractivity contribution in [2.75, 3.05) is 39.8 Å². The maximum atomic E-state index is 13.4. The van der Waals surface area contributed by atoms with Gasteiger partial charge in [0.1, 0.15) is 34.9 Å². The summed E-state index contributed by atoms with van der Waals surface area (Å²) in [6.45, 7) is 0.776. The van der Waals surface area contributed by atoms with Gasteiger partial charge in [-0.15, -0.1) is 11.3 Å². The second-order valence-electron chi connectivity index (χ2n) is 10.0. The fourth-order valence-corrected chi connectivity index (χ4v) is 5.35. The van der Waals surface area contributed by atoms with Crippen LogP contribution < -0.4 is 16.0 Å². The van der Waals surface area contributed by atoms with E-state index in [9.17, 15) is 41.5 Å². The van der Waals surface area contributed by atoms with Crippen molar-refractivity contribution in [1.82, 2.24) is 20.9 Å². The van der Waals surface area contributed by atoms with Crippen molar-refractivity contribution in [2.45, 2.75) is 50.4 Å².